The van der Waals surface area contributed by atoms with Gasteiger partial charge in [0.15, 0.2) is 0 Å². The molecule has 0 unspecified atom stereocenters. The van der Waals surface area contributed by atoms with E-state index in [-0.39, 0.29) is 12.5 Å². The predicted molar refractivity (Wildman–Crippen MR) is 103 cm³/mol. The summed E-state index contributed by atoms with van der Waals surface area (Å²) in [6, 6.07) is 13.8. The molecule has 0 saturated carbocycles. The zero-order valence-electron chi connectivity index (χ0n) is 15.0. The van der Waals surface area contributed by atoms with E-state index in [4.69, 9.17) is 0 Å². The van der Waals surface area contributed by atoms with E-state index < -0.39 is 17.5 Å². The highest BCUT2D eigenvalue weighted by atomic mass is 79.9. The second-order valence-corrected chi connectivity index (χ2v) is 7.28. The van der Waals surface area contributed by atoms with Gasteiger partial charge in [-0.25, -0.2) is 9.59 Å². The summed E-state index contributed by atoms with van der Waals surface area (Å²) < 4.78 is 5.44. The summed E-state index contributed by atoms with van der Waals surface area (Å²) in [5.74, 6) is -0.689. The number of hydrogen-bond donors (Lipinski definition) is 1. The Morgan fingerprint density at radius 1 is 1.15 bits per heavy atom. The minimum atomic E-state index is -1.11. The highest BCUT2D eigenvalue weighted by Crippen LogP contribution is 2.33. The van der Waals surface area contributed by atoms with Crippen LogP contribution in [-0.4, -0.2) is 36.5 Å². The van der Waals surface area contributed by atoms with Crippen molar-refractivity contribution in [3.63, 3.8) is 0 Å². The minimum absolute atomic E-state index is 0.252. The predicted octanol–water partition coefficient (Wildman–Crippen LogP) is 3.25. The van der Waals surface area contributed by atoms with Crippen molar-refractivity contribution >= 4 is 33.8 Å². The molecule has 1 fully saturated rings. The zero-order chi connectivity index (χ0) is 19.6. The highest BCUT2D eigenvalue weighted by molar-refractivity contribution is 9.10. The molecule has 0 bridgehead atoms. The number of nitrogens with one attached hydrogen (secondary N) is 1. The maximum Gasteiger partial charge on any atom is 0.337 e. The number of rotatable bonds is 5. The summed E-state index contributed by atoms with van der Waals surface area (Å²) in [4.78, 5) is 38.1. The van der Waals surface area contributed by atoms with Crippen LogP contribution in [0, 0.1) is 0 Å². The molecule has 27 heavy (non-hydrogen) atoms. The van der Waals surface area contributed by atoms with Crippen LogP contribution >= 0.6 is 15.9 Å². The Labute approximate surface area is 165 Å². The molecule has 0 spiro atoms. The SMILES string of the molecule is COC(=O)c1ccc(CCN2C(=O)N[C@](C)(c3ccccc3Br)C2=O)cc1. The van der Waals surface area contributed by atoms with E-state index in [1.807, 2.05) is 24.3 Å². The summed E-state index contributed by atoms with van der Waals surface area (Å²) in [7, 11) is 1.33. The summed E-state index contributed by atoms with van der Waals surface area (Å²) in [6.07, 6.45) is 0.493. The van der Waals surface area contributed by atoms with Crippen LogP contribution in [-0.2, 0) is 21.5 Å². The van der Waals surface area contributed by atoms with Crippen LogP contribution in [0.4, 0.5) is 4.79 Å². The first-order valence-electron chi connectivity index (χ1n) is 8.43. The Morgan fingerprint density at radius 3 is 2.44 bits per heavy atom. The molecule has 0 radical (unpaired) electrons. The second kappa shape index (κ2) is 7.52. The lowest BCUT2D eigenvalue weighted by Gasteiger charge is -2.23. The molecular weight excluding hydrogens is 412 g/mol. The van der Waals surface area contributed by atoms with Gasteiger partial charge in [-0.1, -0.05) is 46.3 Å². The molecule has 1 N–H and O–H groups in total. The Balaban J connectivity index is 1.73. The molecule has 6 nitrogen and oxygen atoms in total. The zero-order valence-corrected chi connectivity index (χ0v) is 16.6. The Bertz CT molecular complexity index is 897. The average molecular weight is 431 g/mol. The van der Waals surface area contributed by atoms with Crippen LogP contribution < -0.4 is 5.32 Å². The van der Waals surface area contributed by atoms with Crippen LogP contribution in [0.15, 0.2) is 53.0 Å². The summed E-state index contributed by atoms with van der Waals surface area (Å²) >= 11 is 3.45. The summed E-state index contributed by atoms with van der Waals surface area (Å²) in [5.41, 5.74) is 0.982. The number of halogens is 1. The summed E-state index contributed by atoms with van der Waals surface area (Å²) in [6.45, 7) is 1.96. The third-order valence-corrected chi connectivity index (χ3v) is 5.38. The number of ether oxygens (including phenoxy) is 1. The number of nitrogens with zero attached hydrogens (tertiary/aromatic N) is 1. The van der Waals surface area contributed by atoms with Crippen molar-refractivity contribution < 1.29 is 19.1 Å². The van der Waals surface area contributed by atoms with E-state index in [1.54, 1.807) is 31.2 Å². The van der Waals surface area contributed by atoms with Gasteiger partial charge in [-0.05, 0) is 37.1 Å². The van der Waals surface area contributed by atoms with Gasteiger partial charge in [0.1, 0.15) is 5.54 Å². The minimum Gasteiger partial charge on any atom is -0.465 e. The van der Waals surface area contributed by atoms with Crippen molar-refractivity contribution in [1.29, 1.82) is 0 Å². The normalized spacial score (nSPS) is 19.1. The fourth-order valence-electron chi connectivity index (χ4n) is 3.12. The topological polar surface area (TPSA) is 75.7 Å². The van der Waals surface area contributed by atoms with Gasteiger partial charge in [0.05, 0.1) is 12.7 Å². The lowest BCUT2D eigenvalue weighted by Crippen LogP contribution is -2.41. The third-order valence-electron chi connectivity index (χ3n) is 4.69. The Hall–Kier alpha value is -2.67. The van der Waals surface area contributed by atoms with Gasteiger partial charge >= 0.3 is 12.0 Å². The van der Waals surface area contributed by atoms with Crippen molar-refractivity contribution in [2.45, 2.75) is 18.9 Å². The molecule has 1 heterocycles. The van der Waals surface area contributed by atoms with Gasteiger partial charge in [-0.2, -0.15) is 0 Å². The van der Waals surface area contributed by atoms with Crippen LogP contribution in [0.5, 0.6) is 0 Å². The van der Waals surface area contributed by atoms with E-state index in [2.05, 4.69) is 26.0 Å². The van der Waals surface area contributed by atoms with Crippen molar-refractivity contribution in [1.82, 2.24) is 10.2 Å². The Morgan fingerprint density at radius 2 is 1.81 bits per heavy atom. The maximum absolute atomic E-state index is 13.0. The van der Waals surface area contributed by atoms with Crippen LogP contribution in [0.1, 0.15) is 28.4 Å². The molecule has 140 valence electrons. The molecule has 0 aliphatic carbocycles. The molecule has 1 atom stereocenters. The van der Waals surface area contributed by atoms with Crippen molar-refractivity contribution in [2.75, 3.05) is 13.7 Å². The quantitative estimate of drug-likeness (QED) is 0.583. The largest absolute Gasteiger partial charge is 0.465 e. The molecule has 1 aliphatic rings. The average Bonchev–Trinajstić information content (AvgIpc) is 2.89. The smallest absolute Gasteiger partial charge is 0.337 e. The monoisotopic (exact) mass is 430 g/mol. The molecule has 3 rings (SSSR count). The second-order valence-electron chi connectivity index (χ2n) is 6.43. The number of carbonyl (C=O) groups is 3. The van der Waals surface area contributed by atoms with Gasteiger partial charge in [0.2, 0.25) is 0 Å². The van der Waals surface area contributed by atoms with Gasteiger partial charge in [0, 0.05) is 16.6 Å². The molecule has 2 aromatic carbocycles. The molecule has 2 aromatic rings. The maximum atomic E-state index is 13.0. The van der Waals surface area contributed by atoms with E-state index in [9.17, 15) is 14.4 Å². The molecule has 7 heteroatoms. The van der Waals surface area contributed by atoms with Crippen LogP contribution in [0.3, 0.4) is 0 Å². The third kappa shape index (κ3) is 3.60. The number of esters is 1. The highest BCUT2D eigenvalue weighted by Gasteiger charge is 2.49. The molecule has 1 aliphatic heterocycles. The number of hydrogen-bond acceptors (Lipinski definition) is 4. The standard InChI is InChI=1S/C20H19BrN2O4/c1-20(15-5-3-4-6-16(15)21)18(25)23(19(26)22-20)12-11-13-7-9-14(10-8-13)17(24)27-2/h3-10H,11-12H2,1-2H3,(H,22,26)/t20-/m1/s1. The number of methoxy groups -OCH3 is 1. The lowest BCUT2D eigenvalue weighted by molar-refractivity contribution is -0.131. The Kier molecular flexibility index (Phi) is 5.32. The molecule has 3 amide bonds. The molecular formula is C20H19BrN2O4. The van der Waals surface area contributed by atoms with E-state index in [1.165, 1.54) is 12.0 Å². The van der Waals surface area contributed by atoms with Crippen molar-refractivity contribution in [3.8, 4) is 0 Å². The van der Waals surface area contributed by atoms with Gasteiger partial charge in [-0.15, -0.1) is 0 Å². The van der Waals surface area contributed by atoms with Gasteiger partial charge in [0.25, 0.3) is 5.91 Å². The van der Waals surface area contributed by atoms with Gasteiger partial charge < -0.3 is 10.1 Å². The number of carbonyl (C=O) groups excluding carboxylic acids is 3. The first-order chi connectivity index (χ1) is 12.9. The summed E-state index contributed by atoms with van der Waals surface area (Å²) in [5, 5.41) is 2.80. The van der Waals surface area contributed by atoms with Crippen molar-refractivity contribution in [2.24, 2.45) is 0 Å². The van der Waals surface area contributed by atoms with Gasteiger partial charge in [-0.3, -0.25) is 9.69 Å². The van der Waals surface area contributed by atoms with Crippen molar-refractivity contribution in [3.05, 3.63) is 69.7 Å². The molecule has 0 aromatic heterocycles. The number of amides is 3. The van der Waals surface area contributed by atoms with Crippen LogP contribution in [0.2, 0.25) is 0 Å². The first kappa shape index (κ1) is 19.1. The number of urea groups is 1. The molecule has 1 saturated heterocycles. The number of benzene rings is 2. The van der Waals surface area contributed by atoms with E-state index in [0.29, 0.717) is 17.5 Å². The van der Waals surface area contributed by atoms with E-state index >= 15 is 0 Å². The fraction of sp³-hybridized carbons (Fsp3) is 0.250. The van der Waals surface area contributed by atoms with E-state index in [0.717, 1.165) is 10.0 Å². The first-order valence-corrected chi connectivity index (χ1v) is 9.22. The van der Waals surface area contributed by atoms with Crippen LogP contribution in [0.25, 0.3) is 0 Å². The number of imide groups is 1. The fourth-order valence-corrected chi connectivity index (χ4v) is 3.80. The lowest BCUT2D eigenvalue weighted by atomic mass is 9.92.